The molecule has 2 aromatic rings. The van der Waals surface area contributed by atoms with E-state index in [-0.39, 0.29) is 5.91 Å². The molecule has 0 saturated carbocycles. The molecule has 0 spiro atoms. The number of hydrogen-bond acceptors (Lipinski definition) is 3. The first-order valence-corrected chi connectivity index (χ1v) is 4.36. The van der Waals surface area contributed by atoms with Crippen LogP contribution in [0.1, 0.15) is 5.76 Å². The molecule has 0 radical (unpaired) electrons. The van der Waals surface area contributed by atoms with Crippen molar-refractivity contribution >= 4 is 17.7 Å². The SMILES string of the molecule is O=C(/C=C/c1ccco1)Nc1cn[nH]c1. The Kier molecular flexibility index (Phi) is 2.64. The van der Waals surface area contributed by atoms with Crippen molar-refractivity contribution in [2.45, 2.75) is 0 Å². The highest BCUT2D eigenvalue weighted by atomic mass is 16.3. The maximum Gasteiger partial charge on any atom is 0.248 e. The van der Waals surface area contributed by atoms with E-state index in [0.29, 0.717) is 11.4 Å². The van der Waals surface area contributed by atoms with Gasteiger partial charge in [0.05, 0.1) is 18.1 Å². The molecule has 0 aliphatic heterocycles. The number of furan rings is 1. The second-order valence-corrected chi connectivity index (χ2v) is 2.82. The number of H-pyrrole nitrogens is 1. The topological polar surface area (TPSA) is 70.9 Å². The molecule has 0 aliphatic rings. The van der Waals surface area contributed by atoms with Crippen LogP contribution in [0.4, 0.5) is 5.69 Å². The van der Waals surface area contributed by atoms with Gasteiger partial charge in [-0.05, 0) is 18.2 Å². The molecular weight excluding hydrogens is 194 g/mol. The van der Waals surface area contributed by atoms with Gasteiger partial charge in [0.15, 0.2) is 0 Å². The lowest BCUT2D eigenvalue weighted by atomic mass is 10.4. The summed E-state index contributed by atoms with van der Waals surface area (Å²) in [5.74, 6) is 0.408. The molecule has 0 bridgehead atoms. The van der Waals surface area contributed by atoms with Crippen LogP contribution < -0.4 is 5.32 Å². The number of amides is 1. The Morgan fingerprint density at radius 1 is 1.60 bits per heavy atom. The summed E-state index contributed by atoms with van der Waals surface area (Å²) >= 11 is 0. The van der Waals surface area contributed by atoms with Crippen molar-refractivity contribution in [3.63, 3.8) is 0 Å². The number of carbonyl (C=O) groups is 1. The summed E-state index contributed by atoms with van der Waals surface area (Å²) in [5, 5.41) is 8.92. The molecule has 1 amide bonds. The van der Waals surface area contributed by atoms with Crippen LogP contribution in [0.2, 0.25) is 0 Å². The molecule has 0 unspecified atom stereocenters. The quantitative estimate of drug-likeness (QED) is 0.745. The smallest absolute Gasteiger partial charge is 0.248 e. The average molecular weight is 203 g/mol. The number of hydrogen-bond donors (Lipinski definition) is 2. The third-order valence-corrected chi connectivity index (χ3v) is 1.71. The van der Waals surface area contributed by atoms with Crippen LogP contribution in [0.3, 0.4) is 0 Å². The predicted octanol–water partition coefficient (Wildman–Crippen LogP) is 1.65. The first kappa shape index (κ1) is 9.26. The normalized spacial score (nSPS) is 10.7. The third kappa shape index (κ3) is 2.57. The Balaban J connectivity index is 1.93. The lowest BCUT2D eigenvalue weighted by molar-refractivity contribution is -0.111. The Labute approximate surface area is 85.8 Å². The van der Waals surface area contributed by atoms with Gasteiger partial charge in [-0.2, -0.15) is 5.10 Å². The first-order valence-electron chi connectivity index (χ1n) is 4.36. The van der Waals surface area contributed by atoms with Gasteiger partial charge in [-0.3, -0.25) is 9.89 Å². The Hall–Kier alpha value is -2.30. The van der Waals surface area contributed by atoms with Gasteiger partial charge >= 0.3 is 0 Å². The van der Waals surface area contributed by atoms with Gasteiger partial charge in [0.25, 0.3) is 0 Å². The van der Waals surface area contributed by atoms with Crippen LogP contribution in [0, 0.1) is 0 Å². The highest BCUT2D eigenvalue weighted by molar-refractivity contribution is 6.01. The van der Waals surface area contributed by atoms with Crippen LogP contribution in [0.15, 0.2) is 41.3 Å². The molecule has 0 aromatic carbocycles. The molecule has 0 atom stereocenters. The minimum atomic E-state index is -0.229. The van der Waals surface area contributed by atoms with Crippen molar-refractivity contribution in [1.29, 1.82) is 0 Å². The van der Waals surface area contributed by atoms with Crippen molar-refractivity contribution in [1.82, 2.24) is 10.2 Å². The van der Waals surface area contributed by atoms with E-state index in [9.17, 15) is 4.79 Å². The summed E-state index contributed by atoms with van der Waals surface area (Å²) in [4.78, 5) is 11.3. The summed E-state index contributed by atoms with van der Waals surface area (Å²) in [6.45, 7) is 0. The number of rotatable bonds is 3. The van der Waals surface area contributed by atoms with Crippen molar-refractivity contribution in [2.75, 3.05) is 5.32 Å². The predicted molar refractivity (Wildman–Crippen MR) is 55.0 cm³/mol. The summed E-state index contributed by atoms with van der Waals surface area (Å²) in [6, 6.07) is 3.52. The van der Waals surface area contributed by atoms with Crippen LogP contribution in [-0.4, -0.2) is 16.1 Å². The van der Waals surface area contributed by atoms with Crippen LogP contribution >= 0.6 is 0 Å². The zero-order valence-electron chi connectivity index (χ0n) is 7.81. The van der Waals surface area contributed by atoms with E-state index in [1.807, 2.05) is 0 Å². The molecule has 0 fully saturated rings. The molecule has 0 aliphatic carbocycles. The Bertz CT molecular complexity index is 443. The third-order valence-electron chi connectivity index (χ3n) is 1.71. The van der Waals surface area contributed by atoms with Crippen molar-refractivity contribution < 1.29 is 9.21 Å². The zero-order chi connectivity index (χ0) is 10.5. The first-order chi connectivity index (χ1) is 7.34. The van der Waals surface area contributed by atoms with E-state index in [2.05, 4.69) is 15.5 Å². The minimum absolute atomic E-state index is 0.229. The maximum atomic E-state index is 11.3. The Morgan fingerprint density at radius 3 is 3.20 bits per heavy atom. The van der Waals surface area contributed by atoms with Crippen molar-refractivity contribution in [2.24, 2.45) is 0 Å². The largest absolute Gasteiger partial charge is 0.465 e. The molecule has 5 nitrogen and oxygen atoms in total. The fourth-order valence-corrected chi connectivity index (χ4v) is 1.05. The van der Waals surface area contributed by atoms with Crippen molar-refractivity contribution in [3.05, 3.63) is 42.6 Å². The lowest BCUT2D eigenvalue weighted by Gasteiger charge is -1.94. The van der Waals surface area contributed by atoms with Gasteiger partial charge in [-0.25, -0.2) is 0 Å². The van der Waals surface area contributed by atoms with Crippen LogP contribution in [-0.2, 0) is 4.79 Å². The monoisotopic (exact) mass is 203 g/mol. The fourth-order valence-electron chi connectivity index (χ4n) is 1.05. The number of nitrogens with one attached hydrogen (secondary N) is 2. The number of anilines is 1. The number of aromatic amines is 1. The molecule has 2 N–H and O–H groups in total. The summed E-state index contributed by atoms with van der Waals surface area (Å²) in [7, 11) is 0. The Morgan fingerprint density at radius 2 is 2.53 bits per heavy atom. The molecule has 15 heavy (non-hydrogen) atoms. The van der Waals surface area contributed by atoms with E-state index in [4.69, 9.17) is 4.42 Å². The van der Waals surface area contributed by atoms with Crippen LogP contribution in [0.25, 0.3) is 6.08 Å². The molecule has 5 heteroatoms. The highest BCUT2D eigenvalue weighted by Crippen LogP contribution is 2.04. The molecule has 2 rings (SSSR count). The van der Waals surface area contributed by atoms with Crippen molar-refractivity contribution in [3.8, 4) is 0 Å². The number of carbonyl (C=O) groups excluding carboxylic acids is 1. The average Bonchev–Trinajstić information content (AvgIpc) is 2.86. The van der Waals surface area contributed by atoms with Gasteiger partial charge in [0, 0.05) is 12.3 Å². The molecule has 2 heterocycles. The molecular formula is C10H9N3O2. The second kappa shape index (κ2) is 4.28. The van der Waals surface area contributed by atoms with E-state index >= 15 is 0 Å². The minimum Gasteiger partial charge on any atom is -0.465 e. The van der Waals surface area contributed by atoms with Gasteiger partial charge < -0.3 is 9.73 Å². The van der Waals surface area contributed by atoms with Gasteiger partial charge in [-0.15, -0.1) is 0 Å². The summed E-state index contributed by atoms with van der Waals surface area (Å²) in [6.07, 6.45) is 7.66. The van der Waals surface area contributed by atoms with Gasteiger partial charge in [0.2, 0.25) is 5.91 Å². The molecule has 76 valence electrons. The number of nitrogens with zero attached hydrogens (tertiary/aromatic N) is 1. The number of aromatic nitrogens is 2. The van der Waals surface area contributed by atoms with E-state index < -0.39 is 0 Å². The summed E-state index contributed by atoms with van der Waals surface area (Å²) < 4.78 is 5.03. The van der Waals surface area contributed by atoms with Gasteiger partial charge in [-0.1, -0.05) is 0 Å². The maximum absolute atomic E-state index is 11.3. The van der Waals surface area contributed by atoms with E-state index in [1.54, 1.807) is 30.7 Å². The standard InChI is InChI=1S/C10H9N3O2/c14-10(13-8-6-11-12-7-8)4-3-9-2-1-5-15-9/h1-7H,(H,11,12)(H,13,14)/b4-3+. The molecule has 2 aromatic heterocycles. The summed E-state index contributed by atoms with van der Waals surface area (Å²) in [5.41, 5.74) is 0.629. The fraction of sp³-hybridized carbons (Fsp3) is 0. The lowest BCUT2D eigenvalue weighted by Crippen LogP contribution is -2.06. The van der Waals surface area contributed by atoms with E-state index in [1.165, 1.54) is 12.3 Å². The second-order valence-electron chi connectivity index (χ2n) is 2.82. The van der Waals surface area contributed by atoms with Gasteiger partial charge in [0.1, 0.15) is 5.76 Å². The zero-order valence-corrected chi connectivity index (χ0v) is 7.81. The molecule has 0 saturated heterocycles. The van der Waals surface area contributed by atoms with E-state index in [0.717, 1.165) is 0 Å². The highest BCUT2D eigenvalue weighted by Gasteiger charge is 1.98. The van der Waals surface area contributed by atoms with Crippen LogP contribution in [0.5, 0.6) is 0 Å².